The number of aromatic nitrogens is 2. The van der Waals surface area contributed by atoms with Gasteiger partial charge >= 0.3 is 0 Å². The first-order chi connectivity index (χ1) is 18.4. The van der Waals surface area contributed by atoms with Gasteiger partial charge in [-0.25, -0.2) is 4.39 Å². The number of allylic oxidation sites excluding steroid dienone is 1. The molecule has 1 amide bonds. The van der Waals surface area contributed by atoms with Gasteiger partial charge in [0.15, 0.2) is 15.9 Å². The maximum atomic E-state index is 13.3. The van der Waals surface area contributed by atoms with Gasteiger partial charge in [0, 0.05) is 10.8 Å². The van der Waals surface area contributed by atoms with Gasteiger partial charge in [-0.15, -0.1) is 10.2 Å². The van der Waals surface area contributed by atoms with Crippen molar-refractivity contribution in [2.24, 2.45) is 0 Å². The van der Waals surface area contributed by atoms with Crippen LogP contribution in [-0.4, -0.2) is 27.0 Å². The van der Waals surface area contributed by atoms with E-state index < -0.39 is 23.5 Å². The molecule has 38 heavy (non-hydrogen) atoms. The van der Waals surface area contributed by atoms with E-state index >= 15 is 0 Å². The molecule has 6 nitrogen and oxygen atoms in total. The third-order valence-electron chi connectivity index (χ3n) is 5.76. The number of benzene rings is 3. The predicted octanol–water partition coefficient (Wildman–Crippen LogP) is 6.81. The minimum Gasteiger partial charge on any atom is -0.503 e. The smallest absolute Gasteiger partial charge is 0.296 e. The third kappa shape index (κ3) is 5.55. The Hall–Kier alpha value is -3.79. The molecule has 10 heteroatoms. The number of hydrogen-bond donors (Lipinski definition) is 1. The first-order valence-electron chi connectivity index (χ1n) is 11.4. The highest BCUT2D eigenvalue weighted by atomic mass is 35.5. The molecule has 1 atom stereocenters. The summed E-state index contributed by atoms with van der Waals surface area (Å²) in [7, 11) is 0. The topological polar surface area (TPSA) is 83.4 Å². The molecule has 3 aromatic carbocycles. The summed E-state index contributed by atoms with van der Waals surface area (Å²) in [6.45, 7) is 0. The molecule has 1 aliphatic rings. The van der Waals surface area contributed by atoms with Crippen LogP contribution in [0, 0.1) is 5.82 Å². The van der Waals surface area contributed by atoms with Crippen molar-refractivity contribution in [3.8, 4) is 0 Å². The summed E-state index contributed by atoms with van der Waals surface area (Å²) in [5.41, 5.74) is 2.23. The number of nitrogens with zero attached hydrogens (tertiary/aromatic N) is 3. The van der Waals surface area contributed by atoms with Crippen molar-refractivity contribution in [2.45, 2.75) is 16.1 Å². The number of ketones is 1. The number of aliphatic hydroxyl groups excluding tert-OH is 1. The van der Waals surface area contributed by atoms with E-state index in [1.165, 1.54) is 34.9 Å². The number of halogens is 2. The molecular weight excluding hydrogens is 545 g/mol. The van der Waals surface area contributed by atoms with Gasteiger partial charge in [-0.1, -0.05) is 95.4 Å². The number of amides is 1. The lowest BCUT2D eigenvalue weighted by atomic mass is 9.96. The molecule has 1 aliphatic heterocycles. The fourth-order valence-electron chi connectivity index (χ4n) is 3.92. The fraction of sp³-hybridized carbons (Fsp3) is 0.0714. The molecule has 5 rings (SSSR count). The van der Waals surface area contributed by atoms with Gasteiger partial charge in [-0.05, 0) is 47.0 Å². The Bertz CT molecular complexity index is 1540. The van der Waals surface area contributed by atoms with E-state index in [2.05, 4.69) is 10.2 Å². The van der Waals surface area contributed by atoms with Crippen LogP contribution in [0.2, 0.25) is 5.02 Å². The van der Waals surface area contributed by atoms with Crippen LogP contribution in [0.5, 0.6) is 0 Å². The lowest BCUT2D eigenvalue weighted by Gasteiger charge is -2.23. The van der Waals surface area contributed by atoms with Crippen LogP contribution in [0.1, 0.15) is 22.7 Å². The number of hydrogen-bond acceptors (Lipinski definition) is 7. The molecule has 0 saturated heterocycles. The van der Waals surface area contributed by atoms with Crippen molar-refractivity contribution in [3.63, 3.8) is 0 Å². The highest BCUT2D eigenvalue weighted by molar-refractivity contribution is 8.00. The zero-order valence-electron chi connectivity index (χ0n) is 19.6. The highest BCUT2D eigenvalue weighted by Crippen LogP contribution is 2.43. The quantitative estimate of drug-likeness (QED) is 0.144. The molecule has 0 saturated carbocycles. The number of carbonyl (C=O) groups is 2. The summed E-state index contributed by atoms with van der Waals surface area (Å²) in [5, 5.41) is 20.0. The van der Waals surface area contributed by atoms with Crippen LogP contribution in [0.3, 0.4) is 0 Å². The molecule has 2 heterocycles. The van der Waals surface area contributed by atoms with Gasteiger partial charge < -0.3 is 5.11 Å². The van der Waals surface area contributed by atoms with Crippen molar-refractivity contribution >= 4 is 57.6 Å². The predicted molar refractivity (Wildman–Crippen MR) is 148 cm³/mol. The van der Waals surface area contributed by atoms with E-state index in [0.717, 1.165) is 22.5 Å². The standard InChI is InChI=1S/C28H19ClFN3O3S2/c29-20-11-9-19(10-12-20)24-23(22(34)15-8-17-4-2-1-3-5-17)25(35)26(36)33(24)27-31-32-28(38-27)37-16-18-6-13-21(30)14-7-18/h1-15,24,35H,16H2/b15-8+. The average molecular weight is 564 g/mol. The zero-order chi connectivity index (χ0) is 26.6. The Kier molecular flexibility index (Phi) is 7.69. The Labute approximate surface area is 231 Å². The molecule has 1 aromatic heterocycles. The second kappa shape index (κ2) is 11.3. The Morgan fingerprint density at radius 3 is 2.47 bits per heavy atom. The molecule has 0 radical (unpaired) electrons. The zero-order valence-corrected chi connectivity index (χ0v) is 22.0. The van der Waals surface area contributed by atoms with Gasteiger partial charge in [0.05, 0.1) is 11.6 Å². The summed E-state index contributed by atoms with van der Waals surface area (Å²) in [6.07, 6.45) is 2.97. The number of carbonyl (C=O) groups excluding carboxylic acids is 2. The first-order valence-corrected chi connectivity index (χ1v) is 13.6. The second-order valence-electron chi connectivity index (χ2n) is 8.27. The maximum Gasteiger partial charge on any atom is 0.296 e. The summed E-state index contributed by atoms with van der Waals surface area (Å²) in [5.74, 6) is -1.66. The normalized spacial score (nSPS) is 15.6. The largest absolute Gasteiger partial charge is 0.503 e. The van der Waals surface area contributed by atoms with E-state index in [1.54, 1.807) is 42.5 Å². The van der Waals surface area contributed by atoms with Gasteiger partial charge in [0.25, 0.3) is 5.91 Å². The highest BCUT2D eigenvalue weighted by Gasteiger charge is 2.45. The van der Waals surface area contributed by atoms with Crippen LogP contribution in [0.25, 0.3) is 6.08 Å². The summed E-state index contributed by atoms with van der Waals surface area (Å²) in [4.78, 5) is 27.9. The molecular formula is C28H19ClFN3O3S2. The molecule has 1 unspecified atom stereocenters. The van der Waals surface area contributed by atoms with Crippen molar-refractivity contribution in [3.05, 3.63) is 124 Å². The molecule has 190 valence electrons. The molecule has 0 spiro atoms. The molecule has 4 aromatic rings. The molecule has 1 N–H and O–H groups in total. The van der Waals surface area contributed by atoms with Gasteiger partial charge in [0.1, 0.15) is 5.82 Å². The van der Waals surface area contributed by atoms with Crippen molar-refractivity contribution in [1.29, 1.82) is 0 Å². The van der Waals surface area contributed by atoms with Gasteiger partial charge in [0.2, 0.25) is 5.13 Å². The third-order valence-corrected chi connectivity index (χ3v) is 8.14. The Balaban J connectivity index is 1.45. The van der Waals surface area contributed by atoms with Crippen molar-refractivity contribution in [1.82, 2.24) is 10.2 Å². The monoisotopic (exact) mass is 563 g/mol. The lowest BCUT2D eigenvalue weighted by molar-refractivity contribution is -0.117. The number of rotatable bonds is 8. The van der Waals surface area contributed by atoms with E-state index in [9.17, 15) is 19.1 Å². The summed E-state index contributed by atoms with van der Waals surface area (Å²) in [6, 6.07) is 21.2. The number of thioether (sulfide) groups is 1. The average Bonchev–Trinajstić information content (AvgIpc) is 3.50. The van der Waals surface area contributed by atoms with E-state index in [-0.39, 0.29) is 16.5 Å². The van der Waals surface area contributed by atoms with E-state index in [0.29, 0.717) is 20.7 Å². The van der Waals surface area contributed by atoms with Crippen LogP contribution in [0.15, 0.2) is 101 Å². The summed E-state index contributed by atoms with van der Waals surface area (Å²) < 4.78 is 13.8. The first kappa shape index (κ1) is 25.8. The SMILES string of the molecule is O=C(/C=C/c1ccccc1)C1=C(O)C(=O)N(c2nnc(SCc3ccc(F)cc3)s2)C1c1ccc(Cl)cc1. The maximum absolute atomic E-state index is 13.3. The lowest BCUT2D eigenvalue weighted by Crippen LogP contribution is -2.30. The van der Waals surface area contributed by atoms with Crippen molar-refractivity contribution < 1.29 is 19.1 Å². The molecule has 0 bridgehead atoms. The number of aliphatic hydroxyl groups is 1. The summed E-state index contributed by atoms with van der Waals surface area (Å²) >= 11 is 8.63. The van der Waals surface area contributed by atoms with Gasteiger partial charge in [-0.2, -0.15) is 0 Å². The van der Waals surface area contributed by atoms with Gasteiger partial charge in [-0.3, -0.25) is 14.5 Å². The Morgan fingerprint density at radius 1 is 1.05 bits per heavy atom. The number of anilines is 1. The van der Waals surface area contributed by atoms with Crippen LogP contribution >= 0.6 is 34.7 Å². The minimum absolute atomic E-state index is 0.0554. The van der Waals surface area contributed by atoms with E-state index in [1.807, 2.05) is 30.3 Å². The fourth-order valence-corrected chi connectivity index (χ4v) is 5.87. The van der Waals surface area contributed by atoms with Crippen molar-refractivity contribution in [2.75, 3.05) is 4.90 Å². The van der Waals surface area contributed by atoms with E-state index in [4.69, 9.17) is 11.6 Å². The van der Waals surface area contributed by atoms with Crippen LogP contribution < -0.4 is 4.90 Å². The van der Waals surface area contributed by atoms with Crippen LogP contribution in [-0.2, 0) is 15.3 Å². The van der Waals surface area contributed by atoms with Crippen LogP contribution in [0.4, 0.5) is 9.52 Å². The molecule has 0 fully saturated rings. The Morgan fingerprint density at radius 2 is 1.76 bits per heavy atom. The minimum atomic E-state index is -0.921. The molecule has 0 aliphatic carbocycles. The second-order valence-corrected chi connectivity index (χ2v) is 10.9.